The summed E-state index contributed by atoms with van der Waals surface area (Å²) in [5.74, 6) is 0.842. The highest BCUT2D eigenvalue weighted by Gasteiger charge is 2.37. The maximum absolute atomic E-state index is 13.8. The molecule has 0 aliphatic carbocycles. The number of methoxy groups -OCH3 is 2. The summed E-state index contributed by atoms with van der Waals surface area (Å²) in [6.45, 7) is 3.07. The number of aromatic nitrogens is 1. The van der Waals surface area contributed by atoms with Crippen molar-refractivity contribution in [3.8, 4) is 11.5 Å². The second-order valence-corrected chi connectivity index (χ2v) is 12.8. The standard InChI is InChI=1S/C37H37Cl2N3O6/c1-45-32-12-11-26(18-34(32)46-2)33(19-29-30(38)20-40-21-31(29)39)47-36(43)27-8-6-7-24(17-27)22-42(28-9-4-3-5-10-28)37(44)48-35-23-41-15-13-25(35)14-16-41/h3-12,17-18,20-21,25,33,35H,13-16,19,22-23H2,1-2H3/t33-,35-/m0/s1. The van der Waals surface area contributed by atoms with E-state index in [1.165, 1.54) is 19.5 Å². The van der Waals surface area contributed by atoms with Crippen LogP contribution in [0.25, 0.3) is 0 Å². The second-order valence-electron chi connectivity index (χ2n) is 12.0. The summed E-state index contributed by atoms with van der Waals surface area (Å²) < 4.78 is 23.2. The minimum Gasteiger partial charge on any atom is -0.493 e. The Morgan fingerprint density at radius 2 is 1.65 bits per heavy atom. The van der Waals surface area contributed by atoms with E-state index in [-0.39, 0.29) is 19.1 Å². The van der Waals surface area contributed by atoms with Crippen molar-refractivity contribution in [1.82, 2.24) is 9.88 Å². The molecule has 11 heteroatoms. The van der Waals surface area contributed by atoms with E-state index in [0.717, 1.165) is 38.0 Å². The number of halogens is 2. The van der Waals surface area contributed by atoms with Crippen LogP contribution < -0.4 is 14.4 Å². The quantitative estimate of drug-likeness (QED) is 0.148. The lowest BCUT2D eigenvalue weighted by Crippen LogP contribution is -2.53. The first-order chi connectivity index (χ1) is 23.3. The van der Waals surface area contributed by atoms with Crippen LogP contribution in [0.4, 0.5) is 10.5 Å². The van der Waals surface area contributed by atoms with E-state index in [1.54, 1.807) is 48.4 Å². The summed E-state index contributed by atoms with van der Waals surface area (Å²) in [5, 5.41) is 0.717. The van der Waals surface area contributed by atoms with Crippen LogP contribution in [0.3, 0.4) is 0 Å². The van der Waals surface area contributed by atoms with E-state index in [9.17, 15) is 9.59 Å². The van der Waals surface area contributed by atoms with Crippen molar-refractivity contribution in [2.24, 2.45) is 5.92 Å². The van der Waals surface area contributed by atoms with E-state index in [2.05, 4.69) is 9.88 Å². The normalized spacial score (nSPS) is 18.9. The monoisotopic (exact) mass is 689 g/mol. The van der Waals surface area contributed by atoms with Crippen LogP contribution in [0, 0.1) is 5.92 Å². The number of piperidine rings is 3. The van der Waals surface area contributed by atoms with Crippen LogP contribution in [0.2, 0.25) is 10.0 Å². The Morgan fingerprint density at radius 1 is 0.917 bits per heavy atom. The third-order valence-corrected chi connectivity index (χ3v) is 9.66. The minimum atomic E-state index is -0.782. The second kappa shape index (κ2) is 15.3. The van der Waals surface area contributed by atoms with Crippen molar-refractivity contribution in [3.05, 3.63) is 117 Å². The molecule has 4 aromatic rings. The Hall–Kier alpha value is -4.31. The summed E-state index contributed by atoms with van der Waals surface area (Å²) in [5.41, 5.74) is 3.02. The summed E-state index contributed by atoms with van der Waals surface area (Å²) in [7, 11) is 3.09. The molecule has 0 N–H and O–H groups in total. The van der Waals surface area contributed by atoms with E-state index in [4.69, 9.17) is 42.1 Å². The number of pyridine rings is 1. The molecule has 7 rings (SSSR count). The highest BCUT2D eigenvalue weighted by Crippen LogP contribution is 2.36. The fraction of sp³-hybridized carbons (Fsp3) is 0.324. The van der Waals surface area contributed by atoms with E-state index >= 15 is 0 Å². The molecule has 0 saturated carbocycles. The van der Waals surface area contributed by atoms with Crippen LogP contribution in [0.15, 0.2) is 85.2 Å². The smallest absolute Gasteiger partial charge is 0.414 e. The van der Waals surface area contributed by atoms with E-state index in [1.807, 2.05) is 36.4 Å². The van der Waals surface area contributed by atoms with Gasteiger partial charge in [0.05, 0.1) is 36.4 Å². The molecule has 0 unspecified atom stereocenters. The molecular formula is C37H37Cl2N3O6. The zero-order valence-corrected chi connectivity index (χ0v) is 28.3. The van der Waals surface area contributed by atoms with Gasteiger partial charge >= 0.3 is 12.1 Å². The molecule has 9 nitrogen and oxygen atoms in total. The predicted octanol–water partition coefficient (Wildman–Crippen LogP) is 7.78. The molecule has 1 aromatic heterocycles. The first kappa shape index (κ1) is 33.6. The van der Waals surface area contributed by atoms with Gasteiger partial charge in [-0.2, -0.15) is 0 Å². The summed E-state index contributed by atoms with van der Waals surface area (Å²) in [6.07, 6.45) is 3.94. The van der Waals surface area contributed by atoms with Crippen LogP contribution >= 0.6 is 23.2 Å². The number of para-hydroxylation sites is 1. The zero-order chi connectivity index (χ0) is 33.6. The van der Waals surface area contributed by atoms with E-state index < -0.39 is 18.2 Å². The van der Waals surface area contributed by atoms with Gasteiger partial charge < -0.3 is 18.9 Å². The minimum absolute atomic E-state index is 0.136. The van der Waals surface area contributed by atoms with Gasteiger partial charge in [-0.1, -0.05) is 59.6 Å². The third kappa shape index (κ3) is 7.70. The largest absolute Gasteiger partial charge is 0.493 e. The lowest BCUT2D eigenvalue weighted by Gasteiger charge is -2.44. The predicted molar refractivity (Wildman–Crippen MR) is 184 cm³/mol. The summed E-state index contributed by atoms with van der Waals surface area (Å²) >= 11 is 12.9. The fourth-order valence-electron chi connectivity index (χ4n) is 6.38. The van der Waals surface area contributed by atoms with Crippen LogP contribution in [-0.4, -0.2) is 61.9 Å². The number of amides is 1. The van der Waals surface area contributed by atoms with Gasteiger partial charge in [-0.05, 0) is 84.9 Å². The topological polar surface area (TPSA) is 90.4 Å². The Balaban J connectivity index is 1.24. The average Bonchev–Trinajstić information content (AvgIpc) is 3.12. The van der Waals surface area contributed by atoms with Gasteiger partial charge in [-0.15, -0.1) is 0 Å². The average molecular weight is 691 g/mol. The van der Waals surface area contributed by atoms with Crippen LogP contribution in [0.5, 0.6) is 11.5 Å². The number of hydrogen-bond donors (Lipinski definition) is 0. The molecule has 2 atom stereocenters. The van der Waals surface area contributed by atoms with Crippen molar-refractivity contribution in [2.45, 2.75) is 38.0 Å². The number of ether oxygens (including phenoxy) is 4. The Labute approximate surface area is 290 Å². The number of hydrogen-bond acceptors (Lipinski definition) is 8. The van der Waals surface area contributed by atoms with Crippen molar-refractivity contribution >= 4 is 41.0 Å². The van der Waals surface area contributed by atoms with Crippen molar-refractivity contribution in [1.29, 1.82) is 0 Å². The van der Waals surface area contributed by atoms with Gasteiger partial charge in [0.25, 0.3) is 0 Å². The third-order valence-electron chi connectivity index (χ3n) is 9.01. The lowest BCUT2D eigenvalue weighted by molar-refractivity contribution is -0.0311. The zero-order valence-electron chi connectivity index (χ0n) is 26.8. The number of fused-ring (bicyclic) bond motifs is 3. The van der Waals surface area contributed by atoms with Crippen molar-refractivity contribution in [3.63, 3.8) is 0 Å². The molecule has 3 aromatic carbocycles. The summed E-state index contributed by atoms with van der Waals surface area (Å²) in [6, 6.07) is 21.8. The number of carbonyl (C=O) groups is 2. The first-order valence-corrected chi connectivity index (χ1v) is 16.6. The molecule has 2 bridgehead atoms. The van der Waals surface area contributed by atoms with Gasteiger partial charge in [0.1, 0.15) is 12.2 Å². The van der Waals surface area contributed by atoms with Crippen molar-refractivity contribution in [2.75, 3.05) is 38.8 Å². The highest BCUT2D eigenvalue weighted by atomic mass is 35.5. The van der Waals surface area contributed by atoms with Crippen molar-refractivity contribution < 1.29 is 28.5 Å². The Kier molecular flexibility index (Phi) is 10.7. The lowest BCUT2D eigenvalue weighted by atomic mass is 9.86. The number of carbonyl (C=O) groups excluding carboxylic acids is 2. The molecule has 3 fully saturated rings. The number of rotatable bonds is 11. The highest BCUT2D eigenvalue weighted by molar-refractivity contribution is 6.35. The molecule has 3 saturated heterocycles. The maximum atomic E-state index is 13.8. The van der Waals surface area contributed by atoms with Crippen LogP contribution in [0.1, 0.15) is 46.0 Å². The van der Waals surface area contributed by atoms with Crippen LogP contribution in [-0.2, 0) is 22.4 Å². The van der Waals surface area contributed by atoms with E-state index in [0.29, 0.717) is 49.8 Å². The van der Waals surface area contributed by atoms with Gasteiger partial charge in [0.2, 0.25) is 0 Å². The molecule has 0 radical (unpaired) electrons. The molecule has 250 valence electrons. The molecule has 1 amide bonds. The number of benzene rings is 3. The molecule has 3 aliphatic rings. The number of nitrogens with zero attached hydrogens (tertiary/aromatic N) is 3. The molecule has 48 heavy (non-hydrogen) atoms. The maximum Gasteiger partial charge on any atom is 0.414 e. The summed E-state index contributed by atoms with van der Waals surface area (Å²) in [4.78, 5) is 35.5. The van der Waals surface area contributed by atoms with Gasteiger partial charge in [0, 0.05) is 31.0 Å². The molecule has 0 spiro atoms. The number of anilines is 1. The van der Waals surface area contributed by atoms with Gasteiger partial charge in [-0.3, -0.25) is 14.8 Å². The number of esters is 1. The van der Waals surface area contributed by atoms with Gasteiger partial charge in [-0.25, -0.2) is 9.59 Å². The fourth-order valence-corrected chi connectivity index (χ4v) is 6.90. The Bertz CT molecular complexity index is 1730. The molecule has 4 heterocycles. The molecular weight excluding hydrogens is 653 g/mol. The first-order valence-electron chi connectivity index (χ1n) is 15.9. The van der Waals surface area contributed by atoms with Gasteiger partial charge in [0.15, 0.2) is 11.5 Å². The SMILES string of the molecule is COc1ccc([C@H](Cc2c(Cl)cncc2Cl)OC(=O)c2cccc(CN(C(=O)O[C@H]3CN4CCC3CC4)c3ccccc3)c2)cc1OC. The Morgan fingerprint density at radius 3 is 2.31 bits per heavy atom. The molecule has 3 aliphatic heterocycles.